The topological polar surface area (TPSA) is 108 Å². The Bertz CT molecular complexity index is 1040. The Balaban J connectivity index is 1.55. The van der Waals surface area contributed by atoms with Crippen molar-refractivity contribution in [1.82, 2.24) is 24.8 Å². The molecular formula is C17H14N6O2S. The van der Waals surface area contributed by atoms with E-state index in [-0.39, 0.29) is 5.56 Å². The van der Waals surface area contributed by atoms with E-state index in [9.17, 15) is 4.79 Å². The molecule has 0 unspecified atom stereocenters. The molecule has 0 aliphatic rings. The second-order valence-corrected chi connectivity index (χ2v) is 6.40. The Hall–Kier alpha value is -3.33. The van der Waals surface area contributed by atoms with Gasteiger partial charge in [-0.3, -0.25) is 5.10 Å². The highest BCUT2D eigenvalue weighted by Gasteiger charge is 2.10. The van der Waals surface area contributed by atoms with E-state index in [4.69, 9.17) is 5.11 Å². The van der Waals surface area contributed by atoms with Gasteiger partial charge in [0.15, 0.2) is 11.6 Å². The molecule has 0 atom stereocenters. The summed E-state index contributed by atoms with van der Waals surface area (Å²) in [4.78, 5) is 15.5. The molecule has 0 bridgehead atoms. The molecule has 0 saturated carbocycles. The number of carbonyl (C=O) groups is 1. The van der Waals surface area contributed by atoms with Crippen LogP contribution in [0.1, 0.15) is 15.9 Å². The average molecular weight is 366 g/mol. The maximum absolute atomic E-state index is 10.9. The van der Waals surface area contributed by atoms with Crippen LogP contribution < -0.4 is 5.32 Å². The van der Waals surface area contributed by atoms with Gasteiger partial charge in [-0.25, -0.2) is 14.3 Å². The molecular weight excluding hydrogens is 352 g/mol. The maximum atomic E-state index is 10.9. The van der Waals surface area contributed by atoms with Crippen LogP contribution >= 0.6 is 11.8 Å². The number of hydrogen-bond donors (Lipinski definition) is 3. The van der Waals surface area contributed by atoms with E-state index in [0.29, 0.717) is 22.5 Å². The molecule has 0 aliphatic carbocycles. The van der Waals surface area contributed by atoms with E-state index >= 15 is 0 Å². The lowest BCUT2D eigenvalue weighted by atomic mass is 10.1. The number of aromatic nitrogens is 5. The fraction of sp³-hybridized carbons (Fsp3) is 0.0588. The Kier molecular flexibility index (Phi) is 4.28. The van der Waals surface area contributed by atoms with Crippen LogP contribution in [0.5, 0.6) is 0 Å². The molecule has 4 aromatic rings. The average Bonchev–Trinajstić information content (AvgIpc) is 3.32. The minimum atomic E-state index is -0.931. The summed E-state index contributed by atoms with van der Waals surface area (Å²) in [5, 5.41) is 24.1. The molecule has 130 valence electrons. The standard InChI is InChI=1S/C17H14N6O2S/c24-16(25)12-5-3-11(4-6-12)10-26-17-20-15(19-14-7-8-18-21-14)13-2-1-9-23(13)22-17/h1-9H,10H2,(H,24,25)(H2,18,19,20,21,22). The van der Waals surface area contributed by atoms with Crippen molar-refractivity contribution in [1.29, 1.82) is 0 Å². The first-order valence-electron chi connectivity index (χ1n) is 7.76. The quantitative estimate of drug-likeness (QED) is 0.450. The van der Waals surface area contributed by atoms with Crippen molar-refractivity contribution in [3.63, 3.8) is 0 Å². The number of carboxylic acids is 1. The number of nitrogens with zero attached hydrogens (tertiary/aromatic N) is 4. The minimum absolute atomic E-state index is 0.272. The smallest absolute Gasteiger partial charge is 0.335 e. The van der Waals surface area contributed by atoms with Crippen LogP contribution in [0.3, 0.4) is 0 Å². The number of aromatic carboxylic acids is 1. The summed E-state index contributed by atoms with van der Waals surface area (Å²) in [6, 6.07) is 12.4. The van der Waals surface area contributed by atoms with Gasteiger partial charge in [0.25, 0.3) is 0 Å². The van der Waals surface area contributed by atoms with Gasteiger partial charge >= 0.3 is 5.97 Å². The molecule has 0 fully saturated rings. The molecule has 4 rings (SSSR count). The zero-order valence-electron chi connectivity index (χ0n) is 13.5. The Morgan fingerprint density at radius 1 is 1.23 bits per heavy atom. The third-order valence-corrected chi connectivity index (χ3v) is 4.60. The summed E-state index contributed by atoms with van der Waals surface area (Å²) in [5.41, 5.74) is 2.12. The molecule has 0 radical (unpaired) electrons. The van der Waals surface area contributed by atoms with Gasteiger partial charge in [0.2, 0.25) is 5.16 Å². The largest absolute Gasteiger partial charge is 0.478 e. The number of thioether (sulfide) groups is 1. The third-order valence-electron chi connectivity index (χ3n) is 3.69. The SMILES string of the molecule is O=C(O)c1ccc(CSc2nc(Nc3cc[nH]n3)c3cccn3n2)cc1. The normalized spacial score (nSPS) is 10.9. The van der Waals surface area contributed by atoms with Crippen LogP contribution in [-0.4, -0.2) is 35.9 Å². The Morgan fingerprint density at radius 2 is 2.08 bits per heavy atom. The second-order valence-electron chi connectivity index (χ2n) is 5.46. The van der Waals surface area contributed by atoms with Gasteiger partial charge in [-0.15, -0.1) is 5.10 Å². The van der Waals surface area contributed by atoms with Gasteiger partial charge in [0.1, 0.15) is 5.52 Å². The Labute approximate surface area is 152 Å². The van der Waals surface area contributed by atoms with Crippen LogP contribution in [0.25, 0.3) is 5.52 Å². The summed E-state index contributed by atoms with van der Waals surface area (Å²) in [5.74, 6) is 1.04. The number of aromatic amines is 1. The second kappa shape index (κ2) is 6.89. The van der Waals surface area contributed by atoms with Crippen molar-refractivity contribution >= 4 is 34.9 Å². The third kappa shape index (κ3) is 3.38. The van der Waals surface area contributed by atoms with Crippen LogP contribution in [0.4, 0.5) is 11.6 Å². The lowest BCUT2D eigenvalue weighted by Gasteiger charge is -2.08. The zero-order chi connectivity index (χ0) is 17.9. The Morgan fingerprint density at radius 3 is 2.81 bits per heavy atom. The summed E-state index contributed by atoms with van der Waals surface area (Å²) >= 11 is 1.47. The number of carboxylic acid groups (broad SMARTS) is 1. The maximum Gasteiger partial charge on any atom is 0.335 e. The van der Waals surface area contributed by atoms with Gasteiger partial charge < -0.3 is 10.4 Å². The van der Waals surface area contributed by atoms with Crippen LogP contribution in [0, 0.1) is 0 Å². The van der Waals surface area contributed by atoms with Gasteiger partial charge in [0, 0.05) is 24.2 Å². The predicted molar refractivity (Wildman–Crippen MR) is 97.8 cm³/mol. The van der Waals surface area contributed by atoms with E-state index in [0.717, 1.165) is 11.1 Å². The van der Waals surface area contributed by atoms with Gasteiger partial charge in [-0.2, -0.15) is 5.10 Å². The summed E-state index contributed by atoms with van der Waals surface area (Å²) in [6.45, 7) is 0. The summed E-state index contributed by atoms with van der Waals surface area (Å²) in [6.07, 6.45) is 3.59. The van der Waals surface area contributed by atoms with Crippen molar-refractivity contribution < 1.29 is 9.90 Å². The summed E-state index contributed by atoms with van der Waals surface area (Å²) in [7, 11) is 0. The van der Waals surface area contributed by atoms with Crippen molar-refractivity contribution in [2.24, 2.45) is 0 Å². The van der Waals surface area contributed by atoms with Crippen molar-refractivity contribution in [2.45, 2.75) is 10.9 Å². The van der Waals surface area contributed by atoms with Gasteiger partial charge in [-0.1, -0.05) is 23.9 Å². The first kappa shape index (κ1) is 16.2. The lowest BCUT2D eigenvalue weighted by molar-refractivity contribution is 0.0697. The molecule has 1 aromatic carbocycles. The van der Waals surface area contributed by atoms with Crippen LogP contribution in [0.2, 0.25) is 0 Å². The highest BCUT2D eigenvalue weighted by atomic mass is 32.2. The monoisotopic (exact) mass is 366 g/mol. The van der Waals surface area contributed by atoms with E-state index in [2.05, 4.69) is 25.6 Å². The van der Waals surface area contributed by atoms with Gasteiger partial charge in [0.05, 0.1) is 5.56 Å². The number of benzene rings is 1. The first-order valence-corrected chi connectivity index (χ1v) is 8.75. The lowest BCUT2D eigenvalue weighted by Crippen LogP contribution is -2.03. The number of hydrogen-bond acceptors (Lipinski definition) is 6. The van der Waals surface area contributed by atoms with Crippen LogP contribution in [0.15, 0.2) is 60.0 Å². The molecule has 26 heavy (non-hydrogen) atoms. The molecule has 0 saturated heterocycles. The minimum Gasteiger partial charge on any atom is -0.478 e. The fourth-order valence-electron chi connectivity index (χ4n) is 2.41. The number of nitrogens with one attached hydrogen (secondary N) is 2. The van der Waals surface area contributed by atoms with Gasteiger partial charge in [-0.05, 0) is 29.8 Å². The van der Waals surface area contributed by atoms with Crippen molar-refractivity contribution in [3.8, 4) is 0 Å². The number of H-pyrrole nitrogens is 1. The predicted octanol–water partition coefficient (Wildman–Crippen LogP) is 3.19. The fourth-order valence-corrected chi connectivity index (χ4v) is 3.20. The zero-order valence-corrected chi connectivity index (χ0v) is 14.3. The molecule has 3 N–H and O–H groups in total. The van der Waals surface area contributed by atoms with E-state index in [1.165, 1.54) is 11.8 Å². The number of fused-ring (bicyclic) bond motifs is 1. The molecule has 0 spiro atoms. The summed E-state index contributed by atoms with van der Waals surface area (Å²) < 4.78 is 1.76. The van der Waals surface area contributed by atoms with Crippen molar-refractivity contribution in [2.75, 3.05) is 5.32 Å². The molecule has 0 amide bonds. The first-order chi connectivity index (χ1) is 12.7. The number of anilines is 2. The van der Waals surface area contributed by atoms with Crippen LogP contribution in [-0.2, 0) is 5.75 Å². The van der Waals surface area contributed by atoms with E-state index in [1.807, 2.05) is 24.4 Å². The van der Waals surface area contributed by atoms with Crippen molar-refractivity contribution in [3.05, 3.63) is 66.0 Å². The molecule has 3 aromatic heterocycles. The molecule has 8 nitrogen and oxygen atoms in total. The van der Waals surface area contributed by atoms with E-state index in [1.54, 1.807) is 35.0 Å². The molecule has 0 aliphatic heterocycles. The molecule has 9 heteroatoms. The highest BCUT2D eigenvalue weighted by Crippen LogP contribution is 2.24. The number of rotatable bonds is 6. The highest BCUT2D eigenvalue weighted by molar-refractivity contribution is 7.98. The van der Waals surface area contributed by atoms with E-state index < -0.39 is 5.97 Å². The molecule has 3 heterocycles.